The summed E-state index contributed by atoms with van der Waals surface area (Å²) >= 11 is 0. The Hall–Kier alpha value is -2.67. The molecule has 0 aliphatic heterocycles. The highest BCUT2D eigenvalue weighted by atomic mass is 32.2. The molecule has 1 N–H and O–H groups in total. The summed E-state index contributed by atoms with van der Waals surface area (Å²) in [7, 11) is -3.93. The van der Waals surface area contributed by atoms with Crippen molar-refractivity contribution in [2.24, 2.45) is 0 Å². The number of phenolic OH excluding ortho intramolecular Hbond substituents is 1. The van der Waals surface area contributed by atoms with Gasteiger partial charge in [-0.1, -0.05) is 17.7 Å². The zero-order valence-electron chi connectivity index (χ0n) is 15.1. The van der Waals surface area contributed by atoms with Crippen molar-refractivity contribution in [2.45, 2.75) is 38.0 Å². The molecule has 0 unspecified atom stereocenters. The Labute approximate surface area is 157 Å². The van der Waals surface area contributed by atoms with Crippen molar-refractivity contribution in [1.82, 2.24) is 3.97 Å². The first-order valence-corrected chi connectivity index (χ1v) is 9.98. The predicted octanol–water partition coefficient (Wildman–Crippen LogP) is 3.94. The number of carbonyl (C=O) groups is 1. The first-order valence-electron chi connectivity index (χ1n) is 8.54. The molecular weight excluding hydrogens is 369 g/mol. The minimum atomic E-state index is -3.93. The highest BCUT2D eigenvalue weighted by Gasteiger charge is 2.22. The lowest BCUT2D eigenvalue weighted by molar-refractivity contribution is -0.117. The Kier molecular flexibility index (Phi) is 5.06. The Morgan fingerprint density at radius 2 is 1.85 bits per heavy atom. The molecule has 0 spiro atoms. The van der Waals surface area contributed by atoms with Gasteiger partial charge in [0.2, 0.25) is 0 Å². The van der Waals surface area contributed by atoms with Gasteiger partial charge in [0, 0.05) is 24.1 Å². The maximum Gasteiger partial charge on any atom is 0.268 e. The molecule has 0 saturated heterocycles. The summed E-state index contributed by atoms with van der Waals surface area (Å²) in [6.45, 7) is 3.35. The molecule has 0 radical (unpaired) electrons. The molecule has 3 aromatic rings. The number of phenols is 1. The standard InChI is InChI=1S/C20H20FNO4S/c1-13-6-8-16(9-7-13)27(25,26)22-12-15(5-3-4-14(2)23)17-10-20(24)18(21)11-19(17)22/h6-12,24H,3-5H2,1-2H3. The highest BCUT2D eigenvalue weighted by molar-refractivity contribution is 7.90. The third kappa shape index (κ3) is 3.73. The molecule has 5 nitrogen and oxygen atoms in total. The molecule has 2 aromatic carbocycles. The van der Waals surface area contributed by atoms with E-state index >= 15 is 0 Å². The number of nitrogens with zero attached hydrogens (tertiary/aromatic N) is 1. The lowest BCUT2D eigenvalue weighted by atomic mass is 10.1. The molecule has 3 rings (SSSR count). The highest BCUT2D eigenvalue weighted by Crippen LogP contribution is 2.31. The van der Waals surface area contributed by atoms with Crippen molar-refractivity contribution in [2.75, 3.05) is 0 Å². The van der Waals surface area contributed by atoms with Gasteiger partial charge in [-0.25, -0.2) is 16.8 Å². The Balaban J connectivity index is 2.15. The lowest BCUT2D eigenvalue weighted by Gasteiger charge is -2.08. The van der Waals surface area contributed by atoms with Gasteiger partial charge in [0.1, 0.15) is 5.78 Å². The van der Waals surface area contributed by atoms with Crippen LogP contribution in [0.3, 0.4) is 0 Å². The molecule has 1 aromatic heterocycles. The van der Waals surface area contributed by atoms with Crippen LogP contribution in [0.2, 0.25) is 0 Å². The van der Waals surface area contributed by atoms with Crippen molar-refractivity contribution in [1.29, 1.82) is 0 Å². The van der Waals surface area contributed by atoms with E-state index in [0.29, 0.717) is 30.2 Å². The smallest absolute Gasteiger partial charge is 0.268 e. The Morgan fingerprint density at radius 1 is 1.19 bits per heavy atom. The van der Waals surface area contributed by atoms with Crippen molar-refractivity contribution in [3.05, 3.63) is 59.5 Å². The van der Waals surface area contributed by atoms with Crippen molar-refractivity contribution in [3.63, 3.8) is 0 Å². The van der Waals surface area contributed by atoms with E-state index in [9.17, 15) is 22.7 Å². The normalized spacial score (nSPS) is 11.8. The number of fused-ring (bicyclic) bond motifs is 1. The summed E-state index contributed by atoms with van der Waals surface area (Å²) in [6, 6.07) is 8.64. The van der Waals surface area contributed by atoms with E-state index in [2.05, 4.69) is 0 Å². The van der Waals surface area contributed by atoms with E-state index in [1.807, 2.05) is 6.92 Å². The van der Waals surface area contributed by atoms with Gasteiger partial charge in [-0.15, -0.1) is 0 Å². The van der Waals surface area contributed by atoms with Crippen molar-refractivity contribution < 1.29 is 22.7 Å². The van der Waals surface area contributed by atoms with Crippen LogP contribution in [0.1, 0.15) is 30.9 Å². The number of rotatable bonds is 6. The van der Waals surface area contributed by atoms with Crippen LogP contribution in [0, 0.1) is 12.7 Å². The van der Waals surface area contributed by atoms with Crippen LogP contribution in [0.25, 0.3) is 10.9 Å². The summed E-state index contributed by atoms with van der Waals surface area (Å²) in [6.07, 6.45) is 2.79. The van der Waals surface area contributed by atoms with E-state index in [1.165, 1.54) is 31.3 Å². The van der Waals surface area contributed by atoms with Gasteiger partial charge in [0.25, 0.3) is 10.0 Å². The Bertz CT molecular complexity index is 1120. The molecule has 0 atom stereocenters. The van der Waals surface area contributed by atoms with Gasteiger partial charge in [-0.3, -0.25) is 0 Å². The Morgan fingerprint density at radius 3 is 2.48 bits per heavy atom. The molecule has 142 valence electrons. The van der Waals surface area contributed by atoms with Crippen LogP contribution in [-0.2, 0) is 21.2 Å². The van der Waals surface area contributed by atoms with Gasteiger partial charge in [0.15, 0.2) is 11.6 Å². The molecule has 0 bridgehead atoms. The zero-order chi connectivity index (χ0) is 19.8. The number of aromatic hydroxyl groups is 1. The SMILES string of the molecule is CC(=O)CCCc1cn(S(=O)(=O)c2ccc(C)cc2)c2cc(F)c(O)cc12. The summed E-state index contributed by atoms with van der Waals surface area (Å²) in [5.41, 5.74) is 1.72. The predicted molar refractivity (Wildman–Crippen MR) is 101 cm³/mol. The second-order valence-corrected chi connectivity index (χ2v) is 8.46. The fourth-order valence-electron chi connectivity index (χ4n) is 3.02. The van der Waals surface area contributed by atoms with Crippen molar-refractivity contribution in [3.8, 4) is 5.75 Å². The number of aryl methyl sites for hydroxylation is 2. The number of hydrogen-bond donors (Lipinski definition) is 1. The first-order chi connectivity index (χ1) is 12.7. The van der Waals surface area contributed by atoms with E-state index in [-0.39, 0.29) is 16.2 Å². The third-order valence-electron chi connectivity index (χ3n) is 4.47. The van der Waals surface area contributed by atoms with Crippen molar-refractivity contribution >= 4 is 26.7 Å². The molecule has 0 saturated carbocycles. The minimum absolute atomic E-state index is 0.0416. The largest absolute Gasteiger partial charge is 0.505 e. The molecule has 7 heteroatoms. The molecule has 1 heterocycles. The molecule has 27 heavy (non-hydrogen) atoms. The van der Waals surface area contributed by atoms with Gasteiger partial charge >= 0.3 is 0 Å². The number of carbonyl (C=O) groups excluding carboxylic acids is 1. The molecule has 0 aliphatic rings. The van der Waals surface area contributed by atoms with Crippen LogP contribution in [0.4, 0.5) is 4.39 Å². The van der Waals surface area contributed by atoms with Crippen LogP contribution >= 0.6 is 0 Å². The van der Waals surface area contributed by atoms with Gasteiger partial charge in [0.05, 0.1) is 10.4 Å². The average Bonchev–Trinajstić information content (AvgIpc) is 2.94. The fourth-order valence-corrected chi connectivity index (χ4v) is 4.40. The number of halogens is 1. The summed E-state index contributed by atoms with van der Waals surface area (Å²) in [4.78, 5) is 11.3. The molecule has 0 aliphatic carbocycles. The zero-order valence-corrected chi connectivity index (χ0v) is 15.9. The summed E-state index contributed by atoms with van der Waals surface area (Å²) < 4.78 is 41.1. The number of benzene rings is 2. The van der Waals surface area contributed by atoms with E-state index in [4.69, 9.17) is 0 Å². The van der Waals surface area contributed by atoms with Crippen LogP contribution in [0.15, 0.2) is 47.5 Å². The molecular formula is C20H20FNO4S. The van der Waals surface area contributed by atoms with Gasteiger partial charge < -0.3 is 9.90 Å². The number of Topliss-reactive ketones (excluding diaryl/α,β-unsaturated/α-hetero) is 1. The quantitative estimate of drug-likeness (QED) is 0.693. The summed E-state index contributed by atoms with van der Waals surface area (Å²) in [5, 5.41) is 10.2. The topological polar surface area (TPSA) is 76.4 Å². The van der Waals surface area contributed by atoms with Gasteiger partial charge in [-0.05, 0) is 50.5 Å². The maximum absolute atomic E-state index is 13.9. The molecule has 0 fully saturated rings. The lowest BCUT2D eigenvalue weighted by Crippen LogP contribution is -2.12. The van der Waals surface area contributed by atoms with Crippen LogP contribution in [-0.4, -0.2) is 23.3 Å². The van der Waals surface area contributed by atoms with Gasteiger partial charge in [-0.2, -0.15) is 0 Å². The number of aromatic nitrogens is 1. The third-order valence-corrected chi connectivity index (χ3v) is 6.16. The second-order valence-electron chi connectivity index (χ2n) is 6.64. The minimum Gasteiger partial charge on any atom is -0.505 e. The summed E-state index contributed by atoms with van der Waals surface area (Å²) in [5.74, 6) is -1.39. The average molecular weight is 389 g/mol. The van der Waals surface area contributed by atoms with Crippen LogP contribution < -0.4 is 0 Å². The van der Waals surface area contributed by atoms with E-state index < -0.39 is 21.6 Å². The van der Waals surface area contributed by atoms with E-state index in [0.717, 1.165) is 15.6 Å². The first kappa shape index (κ1) is 19.1. The second kappa shape index (κ2) is 7.15. The number of hydrogen-bond acceptors (Lipinski definition) is 4. The fraction of sp³-hybridized carbons (Fsp3) is 0.250. The van der Waals surface area contributed by atoms with Crippen LogP contribution in [0.5, 0.6) is 5.75 Å². The molecule has 0 amide bonds. The van der Waals surface area contributed by atoms with E-state index in [1.54, 1.807) is 12.1 Å². The number of ketones is 1. The monoisotopic (exact) mass is 389 g/mol. The maximum atomic E-state index is 13.9.